The molecule has 0 aliphatic heterocycles. The Bertz CT molecular complexity index is 193. The summed E-state index contributed by atoms with van der Waals surface area (Å²) in [6.45, 7) is 4.37. The molecule has 0 aliphatic carbocycles. The third-order valence-corrected chi connectivity index (χ3v) is 1.63. The Kier molecular flexibility index (Phi) is 6.74. The van der Waals surface area contributed by atoms with Crippen molar-refractivity contribution in [1.29, 1.82) is 0 Å². The first-order valence-corrected chi connectivity index (χ1v) is 4.56. The summed E-state index contributed by atoms with van der Waals surface area (Å²) in [5.74, 6) is -0.861. The van der Waals surface area contributed by atoms with Crippen molar-refractivity contribution in [3.05, 3.63) is 0 Å². The molecule has 0 bridgehead atoms. The molecule has 0 aromatic heterocycles. The van der Waals surface area contributed by atoms with E-state index in [2.05, 4.69) is 10.1 Å². The number of ether oxygens (including phenoxy) is 2. The van der Waals surface area contributed by atoms with Crippen molar-refractivity contribution < 1.29 is 19.1 Å². The SMILES string of the molecule is CCOC(=O)CNCC(C)C(=O)OC. The van der Waals surface area contributed by atoms with E-state index in [4.69, 9.17) is 4.74 Å². The van der Waals surface area contributed by atoms with Crippen LogP contribution >= 0.6 is 0 Å². The van der Waals surface area contributed by atoms with Crippen molar-refractivity contribution in [2.45, 2.75) is 13.8 Å². The smallest absolute Gasteiger partial charge is 0.319 e. The molecular formula is C9H17NO4. The Hall–Kier alpha value is -1.10. The number of hydrogen-bond donors (Lipinski definition) is 1. The van der Waals surface area contributed by atoms with E-state index in [0.717, 1.165) is 0 Å². The highest BCUT2D eigenvalue weighted by molar-refractivity contribution is 5.73. The summed E-state index contributed by atoms with van der Waals surface area (Å²) < 4.78 is 9.21. The highest BCUT2D eigenvalue weighted by atomic mass is 16.5. The molecule has 0 aliphatic rings. The van der Waals surface area contributed by atoms with E-state index < -0.39 is 0 Å². The monoisotopic (exact) mass is 203 g/mol. The maximum Gasteiger partial charge on any atom is 0.319 e. The normalized spacial score (nSPS) is 11.9. The number of methoxy groups -OCH3 is 1. The van der Waals surface area contributed by atoms with Crippen LogP contribution in [0.4, 0.5) is 0 Å². The largest absolute Gasteiger partial charge is 0.469 e. The zero-order valence-electron chi connectivity index (χ0n) is 8.83. The molecule has 0 radical (unpaired) electrons. The number of hydrogen-bond acceptors (Lipinski definition) is 5. The lowest BCUT2D eigenvalue weighted by atomic mass is 10.2. The second-order valence-corrected chi connectivity index (χ2v) is 2.86. The summed E-state index contributed by atoms with van der Waals surface area (Å²) >= 11 is 0. The predicted octanol–water partition coefficient (Wildman–Crippen LogP) is -0.0518. The first-order chi connectivity index (χ1) is 6.61. The molecule has 0 amide bonds. The van der Waals surface area contributed by atoms with Gasteiger partial charge in [-0.1, -0.05) is 6.92 Å². The molecule has 5 heteroatoms. The van der Waals surface area contributed by atoms with E-state index in [1.54, 1.807) is 13.8 Å². The van der Waals surface area contributed by atoms with Gasteiger partial charge in [-0.25, -0.2) is 0 Å². The summed E-state index contributed by atoms with van der Waals surface area (Å²) in [6.07, 6.45) is 0. The van der Waals surface area contributed by atoms with E-state index in [1.165, 1.54) is 7.11 Å². The van der Waals surface area contributed by atoms with Gasteiger partial charge in [0.25, 0.3) is 0 Å². The van der Waals surface area contributed by atoms with Gasteiger partial charge in [-0.05, 0) is 6.92 Å². The molecular weight excluding hydrogens is 186 g/mol. The van der Waals surface area contributed by atoms with Gasteiger partial charge in [0, 0.05) is 6.54 Å². The number of carbonyl (C=O) groups is 2. The molecule has 1 N–H and O–H groups in total. The van der Waals surface area contributed by atoms with Gasteiger partial charge >= 0.3 is 11.9 Å². The zero-order chi connectivity index (χ0) is 11.0. The quantitative estimate of drug-likeness (QED) is 0.613. The lowest BCUT2D eigenvalue weighted by Crippen LogP contribution is -2.32. The summed E-state index contributed by atoms with van der Waals surface area (Å²) in [4.78, 5) is 21.8. The molecule has 0 saturated heterocycles. The Labute approximate surface area is 83.8 Å². The van der Waals surface area contributed by atoms with Crippen LogP contribution in [0.15, 0.2) is 0 Å². The fraction of sp³-hybridized carbons (Fsp3) is 0.778. The van der Waals surface area contributed by atoms with Crippen LogP contribution in [0.1, 0.15) is 13.8 Å². The third kappa shape index (κ3) is 5.53. The first-order valence-electron chi connectivity index (χ1n) is 4.56. The lowest BCUT2D eigenvalue weighted by molar-refractivity contribution is -0.146. The average molecular weight is 203 g/mol. The van der Waals surface area contributed by atoms with Crippen molar-refractivity contribution in [2.75, 3.05) is 26.8 Å². The van der Waals surface area contributed by atoms with Gasteiger partial charge in [0.1, 0.15) is 0 Å². The van der Waals surface area contributed by atoms with Crippen molar-refractivity contribution in [3.63, 3.8) is 0 Å². The Morgan fingerprint density at radius 1 is 1.43 bits per heavy atom. The standard InChI is InChI=1S/C9H17NO4/c1-4-14-8(11)6-10-5-7(2)9(12)13-3/h7,10H,4-6H2,1-3H3. The van der Waals surface area contributed by atoms with Gasteiger partial charge in [0.05, 0.1) is 26.2 Å². The van der Waals surface area contributed by atoms with Crippen molar-refractivity contribution >= 4 is 11.9 Å². The van der Waals surface area contributed by atoms with Gasteiger partial charge in [-0.15, -0.1) is 0 Å². The van der Waals surface area contributed by atoms with Crippen molar-refractivity contribution in [1.82, 2.24) is 5.32 Å². The fourth-order valence-electron chi connectivity index (χ4n) is 0.887. The van der Waals surface area contributed by atoms with Crippen molar-refractivity contribution in [3.8, 4) is 0 Å². The van der Waals surface area contributed by atoms with Crippen LogP contribution in [0, 0.1) is 5.92 Å². The van der Waals surface area contributed by atoms with Crippen LogP contribution in [0.2, 0.25) is 0 Å². The van der Waals surface area contributed by atoms with Gasteiger partial charge in [-0.2, -0.15) is 0 Å². The minimum Gasteiger partial charge on any atom is -0.469 e. The molecule has 1 unspecified atom stereocenters. The molecule has 0 aromatic carbocycles. The molecule has 0 spiro atoms. The second kappa shape index (κ2) is 7.32. The molecule has 1 atom stereocenters. The van der Waals surface area contributed by atoms with Gasteiger partial charge in [0.15, 0.2) is 0 Å². The molecule has 0 aromatic rings. The second-order valence-electron chi connectivity index (χ2n) is 2.86. The van der Waals surface area contributed by atoms with E-state index in [0.29, 0.717) is 13.2 Å². The van der Waals surface area contributed by atoms with E-state index in [-0.39, 0.29) is 24.4 Å². The van der Waals surface area contributed by atoms with Gasteiger partial charge in [0.2, 0.25) is 0 Å². The maximum atomic E-state index is 10.9. The van der Waals surface area contributed by atoms with Crippen LogP contribution in [-0.4, -0.2) is 38.7 Å². The highest BCUT2D eigenvalue weighted by Crippen LogP contribution is 1.94. The van der Waals surface area contributed by atoms with Crippen LogP contribution < -0.4 is 5.32 Å². The van der Waals surface area contributed by atoms with Crippen LogP contribution in [0.25, 0.3) is 0 Å². The highest BCUT2D eigenvalue weighted by Gasteiger charge is 2.12. The molecule has 0 rings (SSSR count). The zero-order valence-corrected chi connectivity index (χ0v) is 8.83. The van der Waals surface area contributed by atoms with Crippen molar-refractivity contribution in [2.24, 2.45) is 5.92 Å². The summed E-state index contributed by atoms with van der Waals surface area (Å²) in [5.41, 5.74) is 0. The fourth-order valence-corrected chi connectivity index (χ4v) is 0.887. The van der Waals surface area contributed by atoms with Gasteiger partial charge < -0.3 is 14.8 Å². The molecule has 14 heavy (non-hydrogen) atoms. The molecule has 0 fully saturated rings. The van der Waals surface area contributed by atoms with Crippen LogP contribution in [-0.2, 0) is 19.1 Å². The Morgan fingerprint density at radius 3 is 2.57 bits per heavy atom. The molecule has 82 valence electrons. The van der Waals surface area contributed by atoms with Gasteiger partial charge in [-0.3, -0.25) is 9.59 Å². The number of carbonyl (C=O) groups excluding carboxylic acids is 2. The minimum absolute atomic E-state index is 0.120. The summed E-state index contributed by atoms with van der Waals surface area (Å²) in [5, 5.41) is 2.81. The third-order valence-electron chi connectivity index (χ3n) is 1.63. The Morgan fingerprint density at radius 2 is 2.07 bits per heavy atom. The summed E-state index contributed by atoms with van der Waals surface area (Å²) in [6, 6.07) is 0. The van der Waals surface area contributed by atoms with E-state index in [9.17, 15) is 9.59 Å². The summed E-state index contributed by atoms with van der Waals surface area (Å²) in [7, 11) is 1.34. The topological polar surface area (TPSA) is 64.6 Å². The number of rotatable bonds is 6. The predicted molar refractivity (Wildman–Crippen MR) is 50.7 cm³/mol. The number of nitrogens with one attached hydrogen (secondary N) is 1. The van der Waals surface area contributed by atoms with Crippen LogP contribution in [0.5, 0.6) is 0 Å². The molecule has 0 saturated carbocycles. The molecule has 5 nitrogen and oxygen atoms in total. The maximum absolute atomic E-state index is 10.9. The van der Waals surface area contributed by atoms with E-state index in [1.807, 2.05) is 0 Å². The number of esters is 2. The average Bonchev–Trinajstić information content (AvgIpc) is 2.16. The van der Waals surface area contributed by atoms with E-state index >= 15 is 0 Å². The lowest BCUT2D eigenvalue weighted by Gasteiger charge is -2.09. The Balaban J connectivity index is 3.53. The first kappa shape index (κ1) is 12.9. The van der Waals surface area contributed by atoms with Crippen LogP contribution in [0.3, 0.4) is 0 Å². The minimum atomic E-state index is -0.315. The molecule has 0 heterocycles.